The molecule has 2 aromatic carbocycles. The number of hydrogen-bond acceptors (Lipinski definition) is 3. The number of carbonyl (C=O) groups excluding carboxylic acids is 1. The van der Waals surface area contributed by atoms with Gasteiger partial charge in [-0.15, -0.1) is 0 Å². The van der Waals surface area contributed by atoms with Gasteiger partial charge >= 0.3 is 0 Å². The van der Waals surface area contributed by atoms with Gasteiger partial charge < -0.3 is 5.32 Å². The van der Waals surface area contributed by atoms with Gasteiger partial charge in [-0.25, -0.2) is 36.3 Å². The number of halogens is 6. The highest BCUT2D eigenvalue weighted by Crippen LogP contribution is 2.25. The van der Waals surface area contributed by atoms with Gasteiger partial charge in [-0.3, -0.25) is 4.79 Å². The molecule has 162 valence electrons. The van der Waals surface area contributed by atoms with E-state index < -0.39 is 52.8 Å². The molecule has 31 heavy (non-hydrogen) atoms. The highest BCUT2D eigenvalue weighted by Gasteiger charge is 2.27. The van der Waals surface area contributed by atoms with Crippen molar-refractivity contribution in [2.24, 2.45) is 0 Å². The molecule has 3 aromatic rings. The van der Waals surface area contributed by atoms with Crippen LogP contribution in [-0.4, -0.2) is 15.9 Å². The minimum atomic E-state index is -2.30. The second-order valence-corrected chi connectivity index (χ2v) is 6.58. The number of aromatic nitrogens is 2. The van der Waals surface area contributed by atoms with E-state index in [-0.39, 0.29) is 5.82 Å². The van der Waals surface area contributed by atoms with Crippen molar-refractivity contribution >= 4 is 11.7 Å². The third kappa shape index (κ3) is 4.68. The van der Waals surface area contributed by atoms with E-state index in [2.05, 4.69) is 15.3 Å². The molecule has 1 N–H and O–H groups in total. The van der Waals surface area contributed by atoms with Crippen molar-refractivity contribution < 1.29 is 31.1 Å². The van der Waals surface area contributed by atoms with Crippen molar-refractivity contribution in [2.45, 2.75) is 26.2 Å². The number of benzene rings is 2. The van der Waals surface area contributed by atoms with Gasteiger partial charge in [0.25, 0.3) is 0 Å². The van der Waals surface area contributed by atoms with Crippen molar-refractivity contribution in [1.29, 1.82) is 0 Å². The predicted octanol–water partition coefficient (Wildman–Crippen LogP) is 5.11. The number of nitrogens with one attached hydrogen (secondary N) is 1. The lowest BCUT2D eigenvalue weighted by molar-refractivity contribution is -0.115. The van der Waals surface area contributed by atoms with E-state index >= 15 is 0 Å². The van der Waals surface area contributed by atoms with E-state index in [0.717, 1.165) is 0 Å². The van der Waals surface area contributed by atoms with E-state index in [0.29, 0.717) is 29.8 Å². The van der Waals surface area contributed by atoms with Crippen LogP contribution in [0.4, 0.5) is 32.2 Å². The Morgan fingerprint density at radius 2 is 1.48 bits per heavy atom. The fourth-order valence-electron chi connectivity index (χ4n) is 2.85. The molecular weight excluding hydrogens is 424 g/mol. The number of hydrogen-bond donors (Lipinski definition) is 1. The minimum Gasteiger partial charge on any atom is -0.309 e. The molecule has 0 atom stereocenters. The fraction of sp³-hybridized carbons (Fsp3) is 0.190. The average Bonchev–Trinajstić information content (AvgIpc) is 2.76. The maximum atomic E-state index is 13.8. The van der Waals surface area contributed by atoms with Crippen LogP contribution in [0.5, 0.6) is 0 Å². The van der Waals surface area contributed by atoms with Crippen LogP contribution in [0.3, 0.4) is 0 Å². The lowest BCUT2D eigenvalue weighted by atomic mass is 10.1. The summed E-state index contributed by atoms with van der Waals surface area (Å²) in [5, 5.41) is 2.30. The second-order valence-electron chi connectivity index (χ2n) is 6.58. The Bertz CT molecular complexity index is 1110. The molecule has 1 heterocycles. The van der Waals surface area contributed by atoms with Gasteiger partial charge in [0.05, 0.1) is 24.0 Å². The van der Waals surface area contributed by atoms with Crippen molar-refractivity contribution in [3.05, 3.63) is 76.6 Å². The first-order valence-electron chi connectivity index (χ1n) is 9.14. The molecule has 0 bridgehead atoms. The fourth-order valence-corrected chi connectivity index (χ4v) is 2.85. The standard InChI is InChI=1S/C21H15F6N3O/c1-2-3-13-21(28-9-14(29-13)10-4-6-11(22)7-5-10)30-15(31)8-12-16(23)18(25)20(27)19(26)17(12)24/h4-7,9H,2-3,8H2,1H3,(H,28,30,31). The van der Waals surface area contributed by atoms with E-state index in [4.69, 9.17) is 0 Å². The smallest absolute Gasteiger partial charge is 0.230 e. The third-order valence-electron chi connectivity index (χ3n) is 4.37. The number of nitrogens with zero attached hydrogens (tertiary/aromatic N) is 2. The molecule has 1 aromatic heterocycles. The Morgan fingerprint density at radius 1 is 0.903 bits per heavy atom. The SMILES string of the molecule is CCCc1nc(-c2ccc(F)cc2)cnc1NC(=O)Cc1c(F)c(F)c(F)c(F)c1F. The number of amides is 1. The molecular formula is C21H15F6N3O. The number of anilines is 1. The summed E-state index contributed by atoms with van der Waals surface area (Å²) in [5.74, 6) is -12.2. The first-order chi connectivity index (χ1) is 14.7. The summed E-state index contributed by atoms with van der Waals surface area (Å²) in [7, 11) is 0. The monoisotopic (exact) mass is 439 g/mol. The summed E-state index contributed by atoms with van der Waals surface area (Å²) in [5.41, 5.74) is 0.0728. The van der Waals surface area contributed by atoms with Crippen LogP contribution in [0, 0.1) is 34.9 Å². The van der Waals surface area contributed by atoms with Crippen molar-refractivity contribution in [3.8, 4) is 11.3 Å². The maximum absolute atomic E-state index is 13.8. The molecule has 10 heteroatoms. The molecule has 3 rings (SSSR count). The molecule has 0 aliphatic carbocycles. The van der Waals surface area contributed by atoms with E-state index in [1.165, 1.54) is 30.5 Å². The Hall–Kier alpha value is -3.43. The molecule has 0 aliphatic heterocycles. The highest BCUT2D eigenvalue weighted by atomic mass is 19.2. The zero-order valence-corrected chi connectivity index (χ0v) is 16.1. The van der Waals surface area contributed by atoms with Gasteiger partial charge in [0.2, 0.25) is 11.7 Å². The largest absolute Gasteiger partial charge is 0.309 e. The number of rotatable bonds is 6. The summed E-state index contributed by atoms with van der Waals surface area (Å²) in [6.07, 6.45) is 1.20. The quantitative estimate of drug-likeness (QED) is 0.330. The van der Waals surface area contributed by atoms with Crippen LogP contribution < -0.4 is 5.32 Å². The zero-order chi connectivity index (χ0) is 22.7. The van der Waals surface area contributed by atoms with Crippen LogP contribution in [0.2, 0.25) is 0 Å². The summed E-state index contributed by atoms with van der Waals surface area (Å²) >= 11 is 0. The molecule has 0 spiro atoms. The summed E-state index contributed by atoms with van der Waals surface area (Å²) < 4.78 is 80.6. The van der Waals surface area contributed by atoms with E-state index in [1.54, 1.807) is 0 Å². The highest BCUT2D eigenvalue weighted by molar-refractivity contribution is 5.92. The summed E-state index contributed by atoms with van der Waals surface area (Å²) in [6.45, 7) is 1.84. The third-order valence-corrected chi connectivity index (χ3v) is 4.37. The van der Waals surface area contributed by atoms with Gasteiger partial charge in [0, 0.05) is 11.1 Å². The Balaban J connectivity index is 1.87. The molecule has 0 unspecified atom stereocenters. The van der Waals surface area contributed by atoms with Crippen LogP contribution in [-0.2, 0) is 17.6 Å². The maximum Gasteiger partial charge on any atom is 0.230 e. The zero-order valence-electron chi connectivity index (χ0n) is 16.1. The number of carbonyl (C=O) groups is 1. The Kier molecular flexibility index (Phi) is 6.57. The molecule has 4 nitrogen and oxygen atoms in total. The van der Waals surface area contributed by atoms with Crippen molar-refractivity contribution in [3.63, 3.8) is 0 Å². The van der Waals surface area contributed by atoms with Crippen molar-refractivity contribution in [2.75, 3.05) is 5.32 Å². The lowest BCUT2D eigenvalue weighted by Crippen LogP contribution is -2.20. The van der Waals surface area contributed by atoms with Gasteiger partial charge in [-0.1, -0.05) is 13.3 Å². The summed E-state index contributed by atoms with van der Waals surface area (Å²) in [4.78, 5) is 20.7. The molecule has 0 radical (unpaired) electrons. The number of aryl methyl sites for hydroxylation is 1. The molecule has 1 amide bonds. The normalized spacial score (nSPS) is 10.9. The van der Waals surface area contributed by atoms with Gasteiger partial charge in [0.15, 0.2) is 29.1 Å². The minimum absolute atomic E-state index is 0.0124. The van der Waals surface area contributed by atoms with Crippen LogP contribution >= 0.6 is 0 Å². The molecule has 0 fully saturated rings. The van der Waals surface area contributed by atoms with Crippen molar-refractivity contribution in [1.82, 2.24) is 9.97 Å². The first-order valence-corrected chi connectivity index (χ1v) is 9.14. The average molecular weight is 439 g/mol. The van der Waals surface area contributed by atoms with Gasteiger partial charge in [-0.05, 0) is 30.7 Å². The topological polar surface area (TPSA) is 54.9 Å². The van der Waals surface area contributed by atoms with E-state index in [1.807, 2.05) is 6.92 Å². The molecule has 0 saturated carbocycles. The van der Waals surface area contributed by atoms with Crippen LogP contribution in [0.25, 0.3) is 11.3 Å². The van der Waals surface area contributed by atoms with Crippen LogP contribution in [0.1, 0.15) is 24.6 Å². The van der Waals surface area contributed by atoms with Gasteiger partial charge in [-0.2, -0.15) is 0 Å². The Labute approximate surface area is 173 Å². The first kappa shape index (κ1) is 22.3. The van der Waals surface area contributed by atoms with Gasteiger partial charge in [0.1, 0.15) is 5.82 Å². The molecule has 0 aliphatic rings. The Morgan fingerprint density at radius 3 is 2.06 bits per heavy atom. The van der Waals surface area contributed by atoms with Crippen LogP contribution in [0.15, 0.2) is 30.5 Å². The summed E-state index contributed by atoms with van der Waals surface area (Å²) in [6, 6.07) is 5.49. The predicted molar refractivity (Wildman–Crippen MR) is 100.0 cm³/mol. The lowest BCUT2D eigenvalue weighted by Gasteiger charge is -2.12. The second kappa shape index (κ2) is 9.15. The van der Waals surface area contributed by atoms with E-state index in [9.17, 15) is 31.1 Å². The molecule has 0 saturated heterocycles.